The minimum absolute atomic E-state index is 0.00858. The number of morpholine rings is 1. The largest absolute Gasteiger partial charge is 0.381 e. The van der Waals surface area contributed by atoms with Crippen molar-refractivity contribution in [2.75, 3.05) is 53.1 Å². The van der Waals surface area contributed by atoms with Gasteiger partial charge >= 0.3 is 0 Å². The number of carbonyl (C=O) groups is 2. The number of rotatable bonds is 3. The van der Waals surface area contributed by atoms with Crippen LogP contribution in [0.3, 0.4) is 0 Å². The smallest absolute Gasteiger partial charge is 0.252 e. The fourth-order valence-electron chi connectivity index (χ4n) is 3.81. The Labute approximate surface area is 143 Å². The Kier molecular flexibility index (Phi) is 5.73. The fraction of sp³-hybridized carbons (Fsp3) is 0.882. The molecule has 0 radical (unpaired) electrons. The number of nitrogens with zero attached hydrogens (tertiary/aromatic N) is 2. The van der Waals surface area contributed by atoms with E-state index in [0.717, 1.165) is 32.1 Å². The highest BCUT2D eigenvalue weighted by Crippen LogP contribution is 2.29. The summed E-state index contributed by atoms with van der Waals surface area (Å²) in [4.78, 5) is 28.7. The van der Waals surface area contributed by atoms with E-state index in [1.165, 1.54) is 0 Å². The summed E-state index contributed by atoms with van der Waals surface area (Å²) < 4.78 is 16.7. The summed E-state index contributed by atoms with van der Waals surface area (Å²) in [6.45, 7) is 3.89. The van der Waals surface area contributed by atoms with Crippen molar-refractivity contribution in [3.05, 3.63) is 0 Å². The quantitative estimate of drug-likeness (QED) is 0.745. The monoisotopic (exact) mass is 340 g/mol. The Bertz CT molecular complexity index is 458. The highest BCUT2D eigenvalue weighted by molar-refractivity contribution is 5.87. The maximum absolute atomic E-state index is 12.7. The van der Waals surface area contributed by atoms with Gasteiger partial charge in [0.15, 0.2) is 0 Å². The van der Waals surface area contributed by atoms with Crippen molar-refractivity contribution < 1.29 is 23.8 Å². The minimum atomic E-state index is -0.410. The van der Waals surface area contributed by atoms with Crippen molar-refractivity contribution in [1.82, 2.24) is 9.80 Å². The number of ether oxygens (including phenoxy) is 3. The number of hydrogen-bond donors (Lipinski definition) is 0. The van der Waals surface area contributed by atoms with Gasteiger partial charge in [0.25, 0.3) is 5.91 Å². The summed E-state index contributed by atoms with van der Waals surface area (Å²) in [5.41, 5.74) is -0.260. The van der Waals surface area contributed by atoms with Crippen LogP contribution in [0.1, 0.15) is 32.1 Å². The highest BCUT2D eigenvalue weighted by Gasteiger charge is 2.40. The molecule has 0 bridgehead atoms. The van der Waals surface area contributed by atoms with E-state index in [4.69, 9.17) is 14.2 Å². The maximum atomic E-state index is 12.7. The first-order chi connectivity index (χ1) is 11.6. The predicted octanol–water partition coefficient (Wildman–Crippen LogP) is 0.422. The standard InChI is InChI=1S/C17H28N2O5/c1-22-14-4-2-3-7-18(16(14)21)12-15(20)19-8-11-24-17(13-19)5-9-23-10-6-17/h14H,2-13H2,1H3. The summed E-state index contributed by atoms with van der Waals surface area (Å²) in [5, 5.41) is 0. The minimum Gasteiger partial charge on any atom is -0.381 e. The van der Waals surface area contributed by atoms with Gasteiger partial charge in [0.2, 0.25) is 5.91 Å². The Hall–Kier alpha value is -1.18. The van der Waals surface area contributed by atoms with Crippen LogP contribution in [-0.4, -0.2) is 86.4 Å². The van der Waals surface area contributed by atoms with Crippen LogP contribution in [-0.2, 0) is 23.8 Å². The van der Waals surface area contributed by atoms with Crippen molar-refractivity contribution in [3.63, 3.8) is 0 Å². The third-order valence-corrected chi connectivity index (χ3v) is 5.35. The molecule has 0 saturated carbocycles. The average Bonchev–Trinajstić information content (AvgIpc) is 2.77. The van der Waals surface area contributed by atoms with Gasteiger partial charge in [-0.2, -0.15) is 0 Å². The lowest BCUT2D eigenvalue weighted by molar-refractivity contribution is -0.169. The Morgan fingerprint density at radius 1 is 1.25 bits per heavy atom. The molecule has 0 N–H and O–H groups in total. The molecule has 3 aliphatic heterocycles. The van der Waals surface area contributed by atoms with Gasteiger partial charge < -0.3 is 24.0 Å². The van der Waals surface area contributed by atoms with Crippen LogP contribution in [0, 0.1) is 0 Å². The summed E-state index contributed by atoms with van der Waals surface area (Å²) >= 11 is 0. The molecule has 24 heavy (non-hydrogen) atoms. The van der Waals surface area contributed by atoms with Gasteiger partial charge in [-0.05, 0) is 19.3 Å². The molecule has 3 saturated heterocycles. The van der Waals surface area contributed by atoms with E-state index < -0.39 is 6.10 Å². The third-order valence-electron chi connectivity index (χ3n) is 5.35. The van der Waals surface area contributed by atoms with Gasteiger partial charge in [-0.25, -0.2) is 0 Å². The van der Waals surface area contributed by atoms with E-state index in [2.05, 4.69) is 0 Å². The summed E-state index contributed by atoms with van der Waals surface area (Å²) in [7, 11) is 1.56. The zero-order chi connectivity index (χ0) is 17.0. The van der Waals surface area contributed by atoms with Gasteiger partial charge in [-0.15, -0.1) is 0 Å². The molecule has 0 aliphatic carbocycles. The number of likely N-dealkylation sites (tertiary alicyclic amines) is 1. The molecule has 1 spiro atoms. The SMILES string of the molecule is COC1CCCCN(CC(=O)N2CCOC3(CCOCC3)C2)C1=O. The number of carbonyl (C=O) groups excluding carboxylic acids is 2. The molecular weight excluding hydrogens is 312 g/mol. The second kappa shape index (κ2) is 7.80. The molecular formula is C17H28N2O5. The van der Waals surface area contributed by atoms with E-state index >= 15 is 0 Å². The van der Waals surface area contributed by atoms with Crippen LogP contribution in [0.25, 0.3) is 0 Å². The predicted molar refractivity (Wildman–Crippen MR) is 86.5 cm³/mol. The lowest BCUT2D eigenvalue weighted by atomic mass is 9.92. The van der Waals surface area contributed by atoms with Crippen molar-refractivity contribution in [3.8, 4) is 0 Å². The molecule has 0 aromatic carbocycles. The second-order valence-electron chi connectivity index (χ2n) is 6.94. The normalized spacial score (nSPS) is 28.0. The van der Waals surface area contributed by atoms with Crippen molar-refractivity contribution in [2.45, 2.75) is 43.8 Å². The number of hydrogen-bond acceptors (Lipinski definition) is 5. The van der Waals surface area contributed by atoms with E-state index in [9.17, 15) is 9.59 Å². The van der Waals surface area contributed by atoms with Gasteiger partial charge in [0, 0.05) is 52.8 Å². The lowest BCUT2D eigenvalue weighted by Gasteiger charge is -2.45. The van der Waals surface area contributed by atoms with E-state index in [-0.39, 0.29) is 24.0 Å². The maximum Gasteiger partial charge on any atom is 0.252 e. The Morgan fingerprint density at radius 2 is 2.04 bits per heavy atom. The molecule has 1 atom stereocenters. The Morgan fingerprint density at radius 3 is 2.79 bits per heavy atom. The Balaban J connectivity index is 1.60. The number of amides is 2. The molecule has 1 unspecified atom stereocenters. The summed E-state index contributed by atoms with van der Waals surface area (Å²) in [5.74, 6) is -0.0494. The van der Waals surface area contributed by atoms with E-state index in [0.29, 0.717) is 39.5 Å². The summed E-state index contributed by atoms with van der Waals surface area (Å²) in [6.07, 6.45) is 3.85. The molecule has 3 aliphatic rings. The van der Waals surface area contributed by atoms with Crippen LogP contribution >= 0.6 is 0 Å². The molecule has 2 amide bonds. The molecule has 7 nitrogen and oxygen atoms in total. The first-order valence-electron chi connectivity index (χ1n) is 8.95. The molecule has 7 heteroatoms. The average molecular weight is 340 g/mol. The first-order valence-corrected chi connectivity index (χ1v) is 8.95. The summed E-state index contributed by atoms with van der Waals surface area (Å²) in [6, 6.07) is 0. The molecule has 0 aromatic rings. The van der Waals surface area contributed by atoms with Gasteiger partial charge in [-0.3, -0.25) is 9.59 Å². The van der Waals surface area contributed by atoms with Crippen LogP contribution in [0.4, 0.5) is 0 Å². The first kappa shape index (κ1) is 17.6. The van der Waals surface area contributed by atoms with Gasteiger partial charge in [0.05, 0.1) is 18.8 Å². The number of methoxy groups -OCH3 is 1. The van der Waals surface area contributed by atoms with Crippen LogP contribution in [0.2, 0.25) is 0 Å². The molecule has 136 valence electrons. The molecule has 3 heterocycles. The van der Waals surface area contributed by atoms with Crippen molar-refractivity contribution in [1.29, 1.82) is 0 Å². The molecule has 3 fully saturated rings. The van der Waals surface area contributed by atoms with Crippen LogP contribution in [0.5, 0.6) is 0 Å². The zero-order valence-electron chi connectivity index (χ0n) is 14.5. The van der Waals surface area contributed by atoms with E-state index in [1.807, 2.05) is 4.90 Å². The van der Waals surface area contributed by atoms with Gasteiger partial charge in [-0.1, -0.05) is 0 Å². The van der Waals surface area contributed by atoms with Crippen LogP contribution in [0.15, 0.2) is 0 Å². The molecule has 3 rings (SSSR count). The van der Waals surface area contributed by atoms with Crippen LogP contribution < -0.4 is 0 Å². The van der Waals surface area contributed by atoms with Crippen molar-refractivity contribution in [2.24, 2.45) is 0 Å². The lowest BCUT2D eigenvalue weighted by Crippen LogP contribution is -2.57. The van der Waals surface area contributed by atoms with Gasteiger partial charge in [0.1, 0.15) is 6.10 Å². The fourth-order valence-corrected chi connectivity index (χ4v) is 3.81. The highest BCUT2D eigenvalue weighted by atomic mass is 16.5. The molecule has 0 aromatic heterocycles. The second-order valence-corrected chi connectivity index (χ2v) is 6.94. The topological polar surface area (TPSA) is 68.3 Å². The van der Waals surface area contributed by atoms with E-state index in [1.54, 1.807) is 12.0 Å². The third kappa shape index (κ3) is 3.90. The zero-order valence-corrected chi connectivity index (χ0v) is 14.5. The van der Waals surface area contributed by atoms with Crippen molar-refractivity contribution >= 4 is 11.8 Å².